The minimum Gasteiger partial charge on any atom is -0.478 e. The van der Waals surface area contributed by atoms with Gasteiger partial charge in [-0.1, -0.05) is 57.6 Å². The number of carbonyl (C=O) groups excluding carboxylic acids is 2. The van der Waals surface area contributed by atoms with Crippen LogP contribution in [0.3, 0.4) is 0 Å². The van der Waals surface area contributed by atoms with Crippen LogP contribution in [-0.2, 0) is 16.1 Å². The van der Waals surface area contributed by atoms with Crippen LogP contribution in [0.5, 0.6) is 0 Å². The lowest BCUT2D eigenvalue weighted by Crippen LogP contribution is -2.73. The summed E-state index contributed by atoms with van der Waals surface area (Å²) in [5, 5.41) is 12.3. The number of benzene rings is 1. The molecule has 4 rings (SSSR count). The van der Waals surface area contributed by atoms with Gasteiger partial charge in [-0.05, 0) is 49.3 Å². The standard InChI is InChI=1S/C27H39N3O4.ClH/c1-2-3-15-30-24(31)23(18-20-7-5-4-6-8-20)28-26(34)27(30)13-16-29(17-14-27)19-21-9-11-22(12-10-21)25(32)33;/h9-12,20,23H,2-8,13-19H2,1H3,(H,28,34)(H,32,33);1H. The highest BCUT2D eigenvalue weighted by atomic mass is 35.5. The molecule has 1 aromatic rings. The third-order valence-electron chi connectivity index (χ3n) is 8.13. The maximum absolute atomic E-state index is 13.6. The van der Waals surface area contributed by atoms with Crippen molar-refractivity contribution >= 4 is 30.2 Å². The number of piperidine rings is 1. The molecule has 2 N–H and O–H groups in total. The molecule has 0 radical (unpaired) electrons. The van der Waals surface area contributed by atoms with Crippen molar-refractivity contribution in [2.75, 3.05) is 19.6 Å². The molecule has 2 heterocycles. The quantitative estimate of drug-likeness (QED) is 0.551. The van der Waals surface area contributed by atoms with Gasteiger partial charge in [0.2, 0.25) is 11.8 Å². The van der Waals surface area contributed by atoms with Crippen molar-refractivity contribution in [1.82, 2.24) is 15.1 Å². The van der Waals surface area contributed by atoms with Crippen molar-refractivity contribution in [2.24, 2.45) is 5.92 Å². The smallest absolute Gasteiger partial charge is 0.335 e. The fraction of sp³-hybridized carbons (Fsp3) is 0.667. The molecule has 2 aliphatic heterocycles. The second-order valence-corrected chi connectivity index (χ2v) is 10.4. The number of carboxylic acid groups (broad SMARTS) is 1. The van der Waals surface area contributed by atoms with Crippen LogP contribution < -0.4 is 5.32 Å². The highest BCUT2D eigenvalue weighted by molar-refractivity contribution is 6.00. The van der Waals surface area contributed by atoms with E-state index in [4.69, 9.17) is 5.11 Å². The lowest BCUT2D eigenvalue weighted by molar-refractivity contribution is -0.162. The van der Waals surface area contributed by atoms with Crippen molar-refractivity contribution in [3.63, 3.8) is 0 Å². The number of rotatable bonds is 8. The van der Waals surface area contributed by atoms with E-state index in [-0.39, 0.29) is 35.8 Å². The number of aromatic carboxylic acids is 1. The van der Waals surface area contributed by atoms with Crippen molar-refractivity contribution in [2.45, 2.75) is 89.3 Å². The Kier molecular flexibility index (Phi) is 9.59. The molecule has 35 heavy (non-hydrogen) atoms. The van der Waals surface area contributed by atoms with Gasteiger partial charge in [0.25, 0.3) is 0 Å². The van der Waals surface area contributed by atoms with E-state index in [1.807, 2.05) is 17.0 Å². The van der Waals surface area contributed by atoms with E-state index < -0.39 is 11.5 Å². The predicted octanol–water partition coefficient (Wildman–Crippen LogP) is 4.24. The molecule has 1 saturated carbocycles. The molecule has 1 aliphatic carbocycles. The van der Waals surface area contributed by atoms with Crippen LogP contribution in [0.15, 0.2) is 24.3 Å². The van der Waals surface area contributed by atoms with E-state index in [1.165, 1.54) is 32.1 Å². The fourth-order valence-electron chi connectivity index (χ4n) is 6.02. The van der Waals surface area contributed by atoms with Crippen LogP contribution in [0.25, 0.3) is 0 Å². The van der Waals surface area contributed by atoms with Gasteiger partial charge in [-0.3, -0.25) is 14.5 Å². The minimum atomic E-state index is -0.923. The second kappa shape index (κ2) is 12.2. The summed E-state index contributed by atoms with van der Waals surface area (Å²) in [6, 6.07) is 6.61. The Hall–Kier alpha value is -2.12. The van der Waals surface area contributed by atoms with Crippen molar-refractivity contribution in [3.8, 4) is 0 Å². The Morgan fingerprint density at radius 2 is 1.74 bits per heavy atom. The van der Waals surface area contributed by atoms with E-state index in [0.717, 1.165) is 37.9 Å². The SMILES string of the molecule is CCCCN1C(=O)C(CC2CCCCC2)NC(=O)C12CCN(Cc1ccc(C(=O)O)cc1)CC2.Cl. The molecule has 1 spiro atoms. The van der Waals surface area contributed by atoms with Crippen LogP contribution >= 0.6 is 12.4 Å². The molecule has 8 heteroatoms. The number of amides is 2. The van der Waals surface area contributed by atoms with Crippen molar-refractivity contribution in [3.05, 3.63) is 35.4 Å². The molecule has 2 saturated heterocycles. The van der Waals surface area contributed by atoms with E-state index >= 15 is 0 Å². The van der Waals surface area contributed by atoms with Crippen LogP contribution in [0.2, 0.25) is 0 Å². The number of halogens is 1. The van der Waals surface area contributed by atoms with E-state index in [9.17, 15) is 14.4 Å². The molecule has 1 unspecified atom stereocenters. The molecule has 194 valence electrons. The summed E-state index contributed by atoms with van der Waals surface area (Å²) in [4.78, 5) is 42.5. The molecule has 7 nitrogen and oxygen atoms in total. The number of unbranched alkanes of at least 4 members (excludes halogenated alkanes) is 1. The average molecular weight is 506 g/mol. The maximum Gasteiger partial charge on any atom is 0.335 e. The van der Waals surface area contributed by atoms with Gasteiger partial charge < -0.3 is 15.3 Å². The summed E-state index contributed by atoms with van der Waals surface area (Å²) >= 11 is 0. The van der Waals surface area contributed by atoms with Gasteiger partial charge in [-0.2, -0.15) is 0 Å². The number of hydrogen-bond acceptors (Lipinski definition) is 4. The Balaban J connectivity index is 0.00000342. The van der Waals surface area contributed by atoms with Crippen LogP contribution in [0, 0.1) is 5.92 Å². The Bertz CT molecular complexity index is 877. The van der Waals surface area contributed by atoms with E-state index in [2.05, 4.69) is 17.1 Å². The Morgan fingerprint density at radius 1 is 1.09 bits per heavy atom. The number of hydrogen-bond donors (Lipinski definition) is 2. The first-order valence-electron chi connectivity index (χ1n) is 13.1. The molecular formula is C27H40ClN3O4. The maximum atomic E-state index is 13.6. The summed E-state index contributed by atoms with van der Waals surface area (Å²) in [5.41, 5.74) is 0.604. The second-order valence-electron chi connectivity index (χ2n) is 10.4. The number of nitrogens with one attached hydrogen (secondary N) is 1. The number of nitrogens with zero attached hydrogens (tertiary/aromatic N) is 2. The van der Waals surface area contributed by atoms with Crippen LogP contribution in [-0.4, -0.2) is 63.9 Å². The number of likely N-dealkylation sites (tertiary alicyclic amines) is 1. The molecule has 2 amide bonds. The van der Waals surface area contributed by atoms with Crippen molar-refractivity contribution < 1.29 is 19.5 Å². The first-order valence-corrected chi connectivity index (χ1v) is 13.1. The number of piperazine rings is 1. The first-order chi connectivity index (χ1) is 16.4. The van der Waals surface area contributed by atoms with Gasteiger partial charge in [0.05, 0.1) is 5.56 Å². The summed E-state index contributed by atoms with van der Waals surface area (Å²) in [5.74, 6) is -0.223. The summed E-state index contributed by atoms with van der Waals surface area (Å²) < 4.78 is 0. The fourth-order valence-corrected chi connectivity index (χ4v) is 6.02. The minimum absolute atomic E-state index is 0. The van der Waals surface area contributed by atoms with Crippen LogP contribution in [0.4, 0.5) is 0 Å². The van der Waals surface area contributed by atoms with E-state index in [0.29, 0.717) is 31.8 Å². The number of carboxylic acids is 1. The van der Waals surface area contributed by atoms with Gasteiger partial charge in [0.15, 0.2) is 0 Å². The predicted molar refractivity (Wildman–Crippen MR) is 138 cm³/mol. The average Bonchev–Trinajstić information content (AvgIpc) is 2.85. The number of carbonyl (C=O) groups is 3. The summed E-state index contributed by atoms with van der Waals surface area (Å²) in [6.07, 6.45) is 10.0. The molecule has 1 aromatic carbocycles. The monoisotopic (exact) mass is 505 g/mol. The zero-order valence-electron chi connectivity index (χ0n) is 20.8. The molecule has 3 fully saturated rings. The molecule has 3 aliphatic rings. The highest BCUT2D eigenvalue weighted by Gasteiger charge is 2.53. The lowest BCUT2D eigenvalue weighted by atomic mass is 9.79. The Morgan fingerprint density at radius 3 is 2.34 bits per heavy atom. The lowest BCUT2D eigenvalue weighted by Gasteiger charge is -2.52. The summed E-state index contributed by atoms with van der Waals surface area (Å²) in [6.45, 7) is 4.96. The zero-order valence-corrected chi connectivity index (χ0v) is 21.7. The zero-order chi connectivity index (χ0) is 24.1. The molecule has 0 aromatic heterocycles. The Labute approximate surface area is 215 Å². The first kappa shape index (κ1) is 27.5. The largest absolute Gasteiger partial charge is 0.478 e. The van der Waals surface area contributed by atoms with Crippen LogP contribution in [0.1, 0.15) is 87.1 Å². The highest BCUT2D eigenvalue weighted by Crippen LogP contribution is 2.36. The summed E-state index contributed by atoms with van der Waals surface area (Å²) in [7, 11) is 0. The molecular weight excluding hydrogens is 466 g/mol. The molecule has 1 atom stereocenters. The normalized spacial score (nSPS) is 23.1. The van der Waals surface area contributed by atoms with Gasteiger partial charge in [-0.25, -0.2) is 4.79 Å². The third kappa shape index (κ3) is 6.18. The third-order valence-corrected chi connectivity index (χ3v) is 8.13. The van der Waals surface area contributed by atoms with E-state index in [1.54, 1.807) is 12.1 Å². The van der Waals surface area contributed by atoms with Gasteiger partial charge in [0, 0.05) is 26.2 Å². The van der Waals surface area contributed by atoms with Gasteiger partial charge in [0.1, 0.15) is 11.6 Å². The topological polar surface area (TPSA) is 90.0 Å². The van der Waals surface area contributed by atoms with Gasteiger partial charge in [-0.15, -0.1) is 12.4 Å². The molecule has 0 bridgehead atoms. The van der Waals surface area contributed by atoms with Crippen molar-refractivity contribution in [1.29, 1.82) is 0 Å². The van der Waals surface area contributed by atoms with Gasteiger partial charge >= 0.3 is 5.97 Å².